The van der Waals surface area contributed by atoms with Crippen molar-refractivity contribution in [3.05, 3.63) is 35.9 Å². The lowest BCUT2D eigenvalue weighted by Crippen LogP contribution is -2.37. The first-order chi connectivity index (χ1) is 8.88. The normalized spacial score (nSPS) is 13.0. The number of primary amides is 1. The molecule has 0 bridgehead atoms. The van der Waals surface area contributed by atoms with Gasteiger partial charge in [0.15, 0.2) is 0 Å². The van der Waals surface area contributed by atoms with E-state index in [2.05, 4.69) is 10.6 Å². The van der Waals surface area contributed by atoms with Crippen molar-refractivity contribution in [1.82, 2.24) is 10.6 Å². The number of hydrogen-bond acceptors (Lipinski definition) is 2. The van der Waals surface area contributed by atoms with Crippen molar-refractivity contribution < 1.29 is 18.0 Å². The van der Waals surface area contributed by atoms with Crippen molar-refractivity contribution in [2.24, 2.45) is 5.73 Å². The van der Waals surface area contributed by atoms with Gasteiger partial charge in [-0.25, -0.2) is 4.79 Å². The molecule has 0 aliphatic carbocycles. The number of nitrogens with two attached hydrogens (primary N) is 1. The fraction of sp³-hybridized carbons (Fsp3) is 0.417. The molecule has 1 aromatic rings. The molecular weight excluding hydrogens is 259 g/mol. The molecule has 0 aliphatic rings. The number of benzene rings is 1. The first-order valence-electron chi connectivity index (χ1n) is 5.77. The number of urea groups is 1. The van der Waals surface area contributed by atoms with E-state index in [0.29, 0.717) is 5.56 Å². The molecule has 4 N–H and O–H groups in total. The van der Waals surface area contributed by atoms with Crippen LogP contribution in [-0.4, -0.2) is 25.3 Å². The van der Waals surface area contributed by atoms with Crippen molar-refractivity contribution in [2.45, 2.75) is 18.6 Å². The van der Waals surface area contributed by atoms with E-state index in [1.54, 1.807) is 30.3 Å². The van der Waals surface area contributed by atoms with E-state index >= 15 is 0 Å². The average molecular weight is 275 g/mol. The summed E-state index contributed by atoms with van der Waals surface area (Å²) in [6.07, 6.45) is -5.22. The van der Waals surface area contributed by atoms with Gasteiger partial charge >= 0.3 is 12.2 Å². The zero-order valence-electron chi connectivity index (χ0n) is 10.2. The number of rotatable bonds is 6. The van der Waals surface area contributed by atoms with E-state index in [1.807, 2.05) is 0 Å². The van der Waals surface area contributed by atoms with Gasteiger partial charge < -0.3 is 16.4 Å². The minimum atomic E-state index is -4.26. The summed E-state index contributed by atoms with van der Waals surface area (Å²) >= 11 is 0. The fourth-order valence-corrected chi connectivity index (χ4v) is 1.66. The molecule has 1 unspecified atom stereocenters. The summed E-state index contributed by atoms with van der Waals surface area (Å²) in [6.45, 7) is 0.384. The van der Waals surface area contributed by atoms with Crippen LogP contribution in [0.4, 0.5) is 18.0 Å². The van der Waals surface area contributed by atoms with Crippen LogP contribution >= 0.6 is 0 Å². The van der Waals surface area contributed by atoms with E-state index in [0.717, 1.165) is 0 Å². The number of halogens is 3. The van der Waals surface area contributed by atoms with Gasteiger partial charge in [-0.15, -0.1) is 0 Å². The highest BCUT2D eigenvalue weighted by Gasteiger charge is 2.32. The van der Waals surface area contributed by atoms with Crippen molar-refractivity contribution in [3.8, 4) is 0 Å². The summed E-state index contributed by atoms with van der Waals surface area (Å²) in [5.74, 6) is 0. The first kappa shape index (κ1) is 15.3. The maximum absolute atomic E-state index is 12.5. The SMILES string of the molecule is NC(=O)NCCNC(CC(F)(F)F)c1ccccc1. The summed E-state index contributed by atoms with van der Waals surface area (Å²) in [5.41, 5.74) is 5.42. The fourth-order valence-electron chi connectivity index (χ4n) is 1.66. The second-order valence-electron chi connectivity index (χ2n) is 4.03. The zero-order chi connectivity index (χ0) is 14.3. The third-order valence-electron chi connectivity index (χ3n) is 2.45. The highest BCUT2D eigenvalue weighted by molar-refractivity contribution is 5.71. The van der Waals surface area contributed by atoms with Crippen LogP contribution in [0.15, 0.2) is 30.3 Å². The van der Waals surface area contributed by atoms with Gasteiger partial charge in [0.05, 0.1) is 6.42 Å². The highest BCUT2D eigenvalue weighted by Crippen LogP contribution is 2.29. The zero-order valence-corrected chi connectivity index (χ0v) is 10.2. The van der Waals surface area contributed by atoms with Crippen LogP contribution < -0.4 is 16.4 Å². The Morgan fingerprint density at radius 1 is 1.21 bits per heavy atom. The van der Waals surface area contributed by atoms with Gasteiger partial charge in [-0.05, 0) is 5.56 Å². The molecule has 19 heavy (non-hydrogen) atoms. The third-order valence-corrected chi connectivity index (χ3v) is 2.45. The third kappa shape index (κ3) is 6.66. The lowest BCUT2D eigenvalue weighted by molar-refractivity contribution is -0.140. The van der Waals surface area contributed by atoms with Gasteiger partial charge in [0, 0.05) is 19.1 Å². The molecule has 1 atom stereocenters. The van der Waals surface area contributed by atoms with Crippen LogP contribution in [0.1, 0.15) is 18.0 Å². The van der Waals surface area contributed by atoms with E-state index in [-0.39, 0.29) is 13.1 Å². The molecule has 0 radical (unpaired) electrons. The molecule has 0 heterocycles. The highest BCUT2D eigenvalue weighted by atomic mass is 19.4. The minimum Gasteiger partial charge on any atom is -0.352 e. The molecule has 0 aromatic heterocycles. The Labute approximate surface area is 109 Å². The average Bonchev–Trinajstić information content (AvgIpc) is 2.32. The van der Waals surface area contributed by atoms with Crippen molar-refractivity contribution in [1.29, 1.82) is 0 Å². The Kier molecular flexibility index (Phi) is 5.62. The smallest absolute Gasteiger partial charge is 0.352 e. The second-order valence-corrected chi connectivity index (χ2v) is 4.03. The number of carbonyl (C=O) groups is 1. The van der Waals surface area contributed by atoms with Gasteiger partial charge in [-0.1, -0.05) is 30.3 Å². The van der Waals surface area contributed by atoms with E-state index < -0.39 is 24.7 Å². The molecule has 1 aromatic carbocycles. The van der Waals surface area contributed by atoms with Gasteiger partial charge in [0.25, 0.3) is 0 Å². The van der Waals surface area contributed by atoms with Crippen LogP contribution in [0.3, 0.4) is 0 Å². The van der Waals surface area contributed by atoms with Crippen LogP contribution in [0, 0.1) is 0 Å². The van der Waals surface area contributed by atoms with Gasteiger partial charge in [-0.3, -0.25) is 0 Å². The van der Waals surface area contributed by atoms with E-state index in [4.69, 9.17) is 5.73 Å². The predicted octanol–water partition coefficient (Wildman–Crippen LogP) is 1.94. The standard InChI is InChI=1S/C12H16F3N3O/c13-12(14,15)8-10(9-4-2-1-3-5-9)17-6-7-18-11(16)19/h1-5,10,17H,6-8H2,(H3,16,18,19). The molecular formula is C12H16F3N3O. The molecule has 7 heteroatoms. The number of hydrogen-bond donors (Lipinski definition) is 3. The molecule has 0 fully saturated rings. The quantitative estimate of drug-likeness (QED) is 0.694. The molecule has 0 aliphatic heterocycles. The van der Waals surface area contributed by atoms with E-state index in [9.17, 15) is 18.0 Å². The Hall–Kier alpha value is -1.76. The maximum Gasteiger partial charge on any atom is 0.390 e. The lowest BCUT2D eigenvalue weighted by Gasteiger charge is -2.20. The topological polar surface area (TPSA) is 67.2 Å². The predicted molar refractivity (Wildman–Crippen MR) is 65.4 cm³/mol. The molecule has 4 nitrogen and oxygen atoms in total. The van der Waals surface area contributed by atoms with Crippen LogP contribution in [0.25, 0.3) is 0 Å². The molecule has 106 valence electrons. The van der Waals surface area contributed by atoms with Crippen molar-refractivity contribution in [2.75, 3.05) is 13.1 Å². The maximum atomic E-state index is 12.5. The lowest BCUT2D eigenvalue weighted by atomic mass is 10.0. The summed E-state index contributed by atoms with van der Waals surface area (Å²) in [4.78, 5) is 10.4. The Bertz CT molecular complexity index is 395. The van der Waals surface area contributed by atoms with Gasteiger partial charge in [0.2, 0.25) is 0 Å². The molecule has 0 saturated carbocycles. The summed E-state index contributed by atoms with van der Waals surface area (Å²) in [6, 6.07) is 6.83. The van der Waals surface area contributed by atoms with E-state index in [1.165, 1.54) is 0 Å². The second kappa shape index (κ2) is 6.98. The number of amides is 2. The summed E-state index contributed by atoms with van der Waals surface area (Å²) in [5, 5.41) is 5.07. The summed E-state index contributed by atoms with van der Waals surface area (Å²) in [7, 11) is 0. The largest absolute Gasteiger partial charge is 0.390 e. The van der Waals surface area contributed by atoms with Gasteiger partial charge in [0.1, 0.15) is 0 Å². The monoisotopic (exact) mass is 275 g/mol. The van der Waals surface area contributed by atoms with Crippen LogP contribution in [0.5, 0.6) is 0 Å². The Morgan fingerprint density at radius 3 is 2.37 bits per heavy atom. The first-order valence-corrected chi connectivity index (χ1v) is 5.77. The number of alkyl halides is 3. The minimum absolute atomic E-state index is 0.177. The van der Waals surface area contributed by atoms with Crippen molar-refractivity contribution in [3.63, 3.8) is 0 Å². The summed E-state index contributed by atoms with van der Waals surface area (Å²) < 4.78 is 37.5. The van der Waals surface area contributed by atoms with Crippen molar-refractivity contribution >= 4 is 6.03 Å². The molecule has 0 saturated heterocycles. The van der Waals surface area contributed by atoms with Crippen LogP contribution in [0.2, 0.25) is 0 Å². The molecule has 1 rings (SSSR count). The number of carbonyl (C=O) groups excluding carboxylic acids is 1. The molecule has 2 amide bonds. The van der Waals surface area contributed by atoms with Gasteiger partial charge in [-0.2, -0.15) is 13.2 Å². The Morgan fingerprint density at radius 2 is 1.84 bits per heavy atom. The van der Waals surface area contributed by atoms with Crippen LogP contribution in [-0.2, 0) is 0 Å². The number of nitrogens with one attached hydrogen (secondary N) is 2. The Balaban J connectivity index is 2.58. The molecule has 0 spiro atoms.